The topological polar surface area (TPSA) is 35.6 Å². The van der Waals surface area contributed by atoms with E-state index in [0.717, 1.165) is 56.8 Å². The summed E-state index contributed by atoms with van der Waals surface area (Å²) in [5.74, 6) is 2.29. The quantitative estimate of drug-likeness (QED) is 0.794. The molecule has 6 rings (SSSR count). The van der Waals surface area contributed by atoms with E-state index in [0.29, 0.717) is 6.04 Å². The van der Waals surface area contributed by atoms with E-state index in [2.05, 4.69) is 15.1 Å². The summed E-state index contributed by atoms with van der Waals surface area (Å²) in [6.45, 7) is 3.91. The minimum atomic E-state index is -0.178. The predicted molar refractivity (Wildman–Crippen MR) is 115 cm³/mol. The minimum Gasteiger partial charge on any atom is -0.334 e. The Morgan fingerprint density at radius 2 is 1.69 bits per heavy atom. The molecule has 3 atom stereocenters. The van der Waals surface area contributed by atoms with E-state index in [-0.39, 0.29) is 30.3 Å². The van der Waals surface area contributed by atoms with Gasteiger partial charge in [-0.05, 0) is 80.4 Å². The van der Waals surface area contributed by atoms with Crippen molar-refractivity contribution in [2.45, 2.75) is 57.0 Å². The summed E-state index contributed by atoms with van der Waals surface area (Å²) >= 11 is 0. The Balaban J connectivity index is 0.00000205. The van der Waals surface area contributed by atoms with Gasteiger partial charge in [-0.15, -0.1) is 12.4 Å². The highest BCUT2D eigenvalue weighted by Crippen LogP contribution is 2.47. The highest BCUT2D eigenvalue weighted by Gasteiger charge is 2.44. The number of carbonyl (C=O) groups excluding carboxylic acids is 1. The molecule has 5 fully saturated rings. The minimum absolute atomic E-state index is 0. The Morgan fingerprint density at radius 3 is 2.41 bits per heavy atom. The number of urea groups is 1. The highest BCUT2D eigenvalue weighted by atomic mass is 35.5. The third kappa shape index (κ3) is 4.72. The van der Waals surface area contributed by atoms with Gasteiger partial charge in [0.1, 0.15) is 5.82 Å². The number of carbonyl (C=O) groups is 1. The second-order valence-corrected chi connectivity index (χ2v) is 9.69. The van der Waals surface area contributed by atoms with E-state index < -0.39 is 0 Å². The fourth-order valence-corrected chi connectivity index (χ4v) is 6.38. The van der Waals surface area contributed by atoms with Crippen molar-refractivity contribution >= 4 is 18.4 Å². The van der Waals surface area contributed by atoms with Gasteiger partial charge in [0.15, 0.2) is 0 Å². The number of hydrogen-bond acceptors (Lipinski definition) is 2. The summed E-state index contributed by atoms with van der Waals surface area (Å²) in [4.78, 5) is 17.7. The van der Waals surface area contributed by atoms with Gasteiger partial charge in [0.25, 0.3) is 0 Å². The zero-order chi connectivity index (χ0) is 19.1. The van der Waals surface area contributed by atoms with Crippen LogP contribution in [0.15, 0.2) is 24.3 Å². The third-order valence-electron chi connectivity index (χ3n) is 7.60. The molecule has 4 bridgehead atoms. The van der Waals surface area contributed by atoms with Crippen LogP contribution in [0.1, 0.15) is 44.1 Å². The Labute approximate surface area is 179 Å². The van der Waals surface area contributed by atoms with Gasteiger partial charge in [0.2, 0.25) is 0 Å². The fraction of sp³-hybridized carbons (Fsp3) is 0.696. The number of nitrogens with one attached hydrogen (secondary N) is 1. The molecule has 1 aromatic carbocycles. The molecule has 160 valence electrons. The van der Waals surface area contributed by atoms with Crippen LogP contribution < -0.4 is 5.32 Å². The zero-order valence-electron chi connectivity index (χ0n) is 17.1. The van der Waals surface area contributed by atoms with Crippen molar-refractivity contribution in [3.63, 3.8) is 0 Å². The third-order valence-corrected chi connectivity index (χ3v) is 7.60. The highest BCUT2D eigenvalue weighted by molar-refractivity contribution is 5.85. The summed E-state index contributed by atoms with van der Waals surface area (Å²) in [7, 11) is 0. The van der Waals surface area contributed by atoms with Crippen molar-refractivity contribution in [2.24, 2.45) is 17.8 Å². The zero-order valence-corrected chi connectivity index (χ0v) is 17.9. The Hall–Kier alpha value is -1.33. The molecular weight excluding hydrogens is 389 g/mol. The predicted octanol–water partition coefficient (Wildman–Crippen LogP) is 4.08. The largest absolute Gasteiger partial charge is 0.334 e. The average molecular weight is 422 g/mol. The first-order valence-corrected chi connectivity index (χ1v) is 11.2. The number of fused-ring (bicyclic) bond motifs is 1. The molecule has 1 aromatic rings. The van der Waals surface area contributed by atoms with Crippen molar-refractivity contribution in [1.29, 1.82) is 0 Å². The van der Waals surface area contributed by atoms with Gasteiger partial charge in [-0.3, -0.25) is 0 Å². The molecule has 2 aliphatic carbocycles. The van der Waals surface area contributed by atoms with Gasteiger partial charge in [-0.25, -0.2) is 9.18 Å². The SMILES string of the molecule is Cl.O=C(N[C@H]1CCN(CCc2ccc(F)cc2)C1)N1CC2CC3CC(C2)CC1C3. The summed E-state index contributed by atoms with van der Waals surface area (Å²) < 4.78 is 13.0. The lowest BCUT2D eigenvalue weighted by atomic mass is 9.68. The molecular formula is C23H33ClFN3O. The number of hydrogen-bond donors (Lipinski definition) is 1. The van der Waals surface area contributed by atoms with Crippen LogP contribution in [0.25, 0.3) is 0 Å². The molecule has 3 saturated heterocycles. The first-order valence-electron chi connectivity index (χ1n) is 11.2. The normalized spacial score (nSPS) is 33.4. The van der Waals surface area contributed by atoms with Crippen LogP contribution >= 0.6 is 12.4 Å². The van der Waals surface area contributed by atoms with Crippen molar-refractivity contribution < 1.29 is 9.18 Å². The van der Waals surface area contributed by atoms with E-state index in [4.69, 9.17) is 0 Å². The molecule has 2 saturated carbocycles. The number of nitrogens with zero attached hydrogens (tertiary/aromatic N) is 2. The molecule has 0 radical (unpaired) electrons. The van der Waals surface area contributed by atoms with Crippen molar-refractivity contribution in [3.8, 4) is 0 Å². The van der Waals surface area contributed by atoms with Gasteiger partial charge < -0.3 is 15.1 Å². The molecule has 6 heteroatoms. The van der Waals surface area contributed by atoms with Crippen molar-refractivity contribution in [2.75, 3.05) is 26.2 Å². The standard InChI is InChI=1S/C23H32FN3O.ClH/c24-20-3-1-16(2-4-20)5-7-26-8-6-21(15-26)25-23(28)27-14-19-10-17-9-18(11-19)13-22(27)12-17;/h1-4,17-19,21-22H,5-15H2,(H,25,28);1H/t17?,18?,19?,21-,22?;/m0./s1. The molecule has 3 heterocycles. The van der Waals surface area contributed by atoms with Crippen LogP contribution in [0, 0.1) is 23.6 Å². The maximum Gasteiger partial charge on any atom is 0.317 e. The Kier molecular flexibility index (Phi) is 6.35. The van der Waals surface area contributed by atoms with Crippen LogP contribution in [0.4, 0.5) is 9.18 Å². The van der Waals surface area contributed by atoms with E-state index in [9.17, 15) is 9.18 Å². The molecule has 4 nitrogen and oxygen atoms in total. The van der Waals surface area contributed by atoms with Gasteiger partial charge in [-0.1, -0.05) is 12.1 Å². The van der Waals surface area contributed by atoms with Gasteiger partial charge in [0.05, 0.1) is 0 Å². The number of halogens is 2. The van der Waals surface area contributed by atoms with Gasteiger partial charge in [0, 0.05) is 38.3 Å². The molecule has 2 amide bonds. The fourth-order valence-electron chi connectivity index (χ4n) is 6.38. The van der Waals surface area contributed by atoms with Crippen molar-refractivity contribution in [1.82, 2.24) is 15.1 Å². The molecule has 5 aliphatic rings. The second kappa shape index (κ2) is 8.81. The van der Waals surface area contributed by atoms with Crippen LogP contribution in [-0.2, 0) is 6.42 Å². The number of amides is 2. The summed E-state index contributed by atoms with van der Waals surface area (Å²) in [5.41, 5.74) is 1.17. The molecule has 3 aliphatic heterocycles. The van der Waals surface area contributed by atoms with Gasteiger partial charge >= 0.3 is 6.03 Å². The Bertz CT molecular complexity index is 701. The molecule has 1 N–H and O–H groups in total. The first kappa shape index (κ1) is 20.9. The number of likely N-dealkylation sites (tertiary alicyclic amines) is 1. The maximum atomic E-state index is 13.0. The monoisotopic (exact) mass is 421 g/mol. The van der Waals surface area contributed by atoms with E-state index in [1.54, 1.807) is 0 Å². The summed E-state index contributed by atoms with van der Waals surface area (Å²) in [5, 5.41) is 3.35. The Morgan fingerprint density at radius 1 is 1.00 bits per heavy atom. The van der Waals surface area contributed by atoms with Crippen LogP contribution in [0.3, 0.4) is 0 Å². The molecule has 0 spiro atoms. The van der Waals surface area contributed by atoms with Gasteiger partial charge in [-0.2, -0.15) is 0 Å². The van der Waals surface area contributed by atoms with E-state index in [1.807, 2.05) is 12.1 Å². The summed E-state index contributed by atoms with van der Waals surface area (Å²) in [6, 6.07) is 7.72. The first-order chi connectivity index (χ1) is 13.6. The number of rotatable bonds is 4. The van der Waals surface area contributed by atoms with Crippen LogP contribution in [0.2, 0.25) is 0 Å². The van der Waals surface area contributed by atoms with Crippen molar-refractivity contribution in [3.05, 3.63) is 35.6 Å². The lowest BCUT2D eigenvalue weighted by molar-refractivity contribution is 0.130. The van der Waals surface area contributed by atoms with Crippen LogP contribution in [0.5, 0.6) is 0 Å². The maximum absolute atomic E-state index is 13.0. The average Bonchev–Trinajstić information content (AvgIpc) is 3.02. The summed E-state index contributed by atoms with van der Waals surface area (Å²) in [6.07, 6.45) is 8.52. The smallest absolute Gasteiger partial charge is 0.317 e. The lowest BCUT2D eigenvalue weighted by Crippen LogP contribution is -2.50. The second-order valence-electron chi connectivity index (χ2n) is 9.69. The van der Waals surface area contributed by atoms with Crippen LogP contribution in [-0.4, -0.2) is 54.1 Å². The molecule has 0 aromatic heterocycles. The number of benzene rings is 1. The van der Waals surface area contributed by atoms with E-state index in [1.165, 1.54) is 49.8 Å². The molecule has 2 unspecified atom stereocenters. The lowest BCUT2D eigenvalue weighted by Gasteiger charge is -2.39. The van der Waals surface area contributed by atoms with E-state index >= 15 is 0 Å². The molecule has 29 heavy (non-hydrogen) atoms.